The van der Waals surface area contributed by atoms with Gasteiger partial charge in [-0.3, -0.25) is 4.79 Å². The molecule has 32 heavy (non-hydrogen) atoms. The van der Waals surface area contributed by atoms with E-state index in [1.807, 2.05) is 36.4 Å². The van der Waals surface area contributed by atoms with E-state index in [0.29, 0.717) is 24.0 Å². The van der Waals surface area contributed by atoms with Gasteiger partial charge < -0.3 is 20.1 Å². The second-order valence-electron chi connectivity index (χ2n) is 8.29. The number of rotatable bonds is 8. The molecular weight excluding hydrogens is 404 g/mol. The molecule has 0 saturated carbocycles. The standard InChI is InChI=1S/C25H30N4O3/c1-3-29-10-4-5-18(14-29)15-32-23-13-21-20(12-22(23)31-2)25(28-16-27-21)19-8-6-17(7-9-19)11-24(26)30/h6-9,12-13,16,18H,3-5,10-11,14-15H2,1-2H3,(H2,26,30). The quantitative estimate of drug-likeness (QED) is 0.584. The number of primary amides is 1. The van der Waals surface area contributed by atoms with Gasteiger partial charge in [0.1, 0.15) is 6.33 Å². The topological polar surface area (TPSA) is 90.6 Å². The summed E-state index contributed by atoms with van der Waals surface area (Å²) in [6, 6.07) is 11.6. The minimum atomic E-state index is -0.349. The van der Waals surface area contributed by atoms with Crippen LogP contribution in [0.2, 0.25) is 0 Å². The Morgan fingerprint density at radius 2 is 2.00 bits per heavy atom. The van der Waals surface area contributed by atoms with Crippen LogP contribution in [0, 0.1) is 5.92 Å². The Labute approximate surface area is 188 Å². The number of hydrogen-bond donors (Lipinski definition) is 1. The molecule has 1 aliphatic heterocycles. The number of nitrogens with zero attached hydrogens (tertiary/aromatic N) is 3. The maximum atomic E-state index is 11.2. The van der Waals surface area contributed by atoms with E-state index in [-0.39, 0.29) is 12.3 Å². The van der Waals surface area contributed by atoms with Crippen molar-refractivity contribution in [3.8, 4) is 22.8 Å². The van der Waals surface area contributed by atoms with Gasteiger partial charge in [0, 0.05) is 29.5 Å². The first kappa shape index (κ1) is 22.0. The van der Waals surface area contributed by atoms with Crippen LogP contribution >= 0.6 is 0 Å². The molecule has 4 rings (SSSR count). The van der Waals surface area contributed by atoms with Gasteiger partial charge in [-0.1, -0.05) is 31.2 Å². The van der Waals surface area contributed by atoms with Crippen molar-refractivity contribution in [1.29, 1.82) is 0 Å². The highest BCUT2D eigenvalue weighted by Gasteiger charge is 2.20. The summed E-state index contributed by atoms with van der Waals surface area (Å²) in [5.41, 5.74) is 8.70. The van der Waals surface area contributed by atoms with Crippen molar-refractivity contribution in [2.45, 2.75) is 26.2 Å². The lowest BCUT2D eigenvalue weighted by atomic mass is 9.99. The van der Waals surface area contributed by atoms with Gasteiger partial charge in [0.15, 0.2) is 11.5 Å². The smallest absolute Gasteiger partial charge is 0.221 e. The van der Waals surface area contributed by atoms with Crippen LogP contribution in [0.4, 0.5) is 0 Å². The molecule has 2 heterocycles. The number of carbonyl (C=O) groups is 1. The van der Waals surface area contributed by atoms with Crippen LogP contribution in [0.3, 0.4) is 0 Å². The first-order chi connectivity index (χ1) is 15.6. The molecular formula is C25H30N4O3. The third-order valence-corrected chi connectivity index (χ3v) is 6.05. The van der Waals surface area contributed by atoms with Crippen LogP contribution in [0.1, 0.15) is 25.3 Å². The monoisotopic (exact) mass is 434 g/mol. The number of methoxy groups -OCH3 is 1. The summed E-state index contributed by atoms with van der Waals surface area (Å²) in [7, 11) is 1.65. The highest BCUT2D eigenvalue weighted by atomic mass is 16.5. The van der Waals surface area contributed by atoms with Crippen LogP contribution < -0.4 is 15.2 Å². The number of ether oxygens (including phenoxy) is 2. The number of fused-ring (bicyclic) bond motifs is 1. The highest BCUT2D eigenvalue weighted by Crippen LogP contribution is 2.36. The summed E-state index contributed by atoms with van der Waals surface area (Å²) in [6.45, 7) is 6.20. The molecule has 1 fully saturated rings. The fourth-order valence-electron chi connectivity index (χ4n) is 4.33. The lowest BCUT2D eigenvalue weighted by molar-refractivity contribution is -0.117. The zero-order valence-electron chi connectivity index (χ0n) is 18.7. The third-order valence-electron chi connectivity index (χ3n) is 6.05. The highest BCUT2D eigenvalue weighted by molar-refractivity contribution is 5.94. The van der Waals surface area contributed by atoms with Crippen LogP contribution in [0.25, 0.3) is 22.2 Å². The molecule has 1 atom stereocenters. The summed E-state index contributed by atoms with van der Waals surface area (Å²) >= 11 is 0. The summed E-state index contributed by atoms with van der Waals surface area (Å²) in [5.74, 6) is 1.54. The lowest BCUT2D eigenvalue weighted by Crippen LogP contribution is -2.37. The van der Waals surface area contributed by atoms with Crippen molar-refractivity contribution in [3.63, 3.8) is 0 Å². The van der Waals surface area contributed by atoms with Crippen molar-refractivity contribution >= 4 is 16.8 Å². The van der Waals surface area contributed by atoms with Crippen LogP contribution in [0.5, 0.6) is 11.5 Å². The first-order valence-electron chi connectivity index (χ1n) is 11.1. The van der Waals surface area contributed by atoms with E-state index < -0.39 is 0 Å². The summed E-state index contributed by atoms with van der Waals surface area (Å²) in [5, 5.41) is 0.883. The predicted octanol–water partition coefficient (Wildman–Crippen LogP) is 3.44. The average Bonchev–Trinajstić information content (AvgIpc) is 2.82. The van der Waals surface area contributed by atoms with Gasteiger partial charge in [-0.05, 0) is 37.6 Å². The molecule has 2 aromatic carbocycles. The predicted molar refractivity (Wildman–Crippen MR) is 125 cm³/mol. The van der Waals surface area contributed by atoms with Gasteiger partial charge in [-0.15, -0.1) is 0 Å². The molecule has 1 amide bonds. The Hall–Kier alpha value is -3.19. The van der Waals surface area contributed by atoms with Crippen molar-refractivity contribution in [3.05, 3.63) is 48.3 Å². The van der Waals surface area contributed by atoms with Crippen molar-refractivity contribution in [2.75, 3.05) is 33.4 Å². The molecule has 2 N–H and O–H groups in total. The van der Waals surface area contributed by atoms with Crippen LogP contribution in [-0.4, -0.2) is 54.1 Å². The Bertz CT molecular complexity index is 1080. The molecule has 7 heteroatoms. The molecule has 1 aromatic heterocycles. The Kier molecular flexibility index (Phi) is 6.85. The number of hydrogen-bond acceptors (Lipinski definition) is 6. The van der Waals surface area contributed by atoms with E-state index in [4.69, 9.17) is 15.2 Å². The van der Waals surface area contributed by atoms with E-state index >= 15 is 0 Å². The Morgan fingerprint density at radius 3 is 2.72 bits per heavy atom. The van der Waals surface area contributed by atoms with Crippen molar-refractivity contribution in [2.24, 2.45) is 11.7 Å². The first-order valence-corrected chi connectivity index (χ1v) is 11.1. The zero-order valence-corrected chi connectivity index (χ0v) is 18.7. The van der Waals surface area contributed by atoms with Crippen molar-refractivity contribution in [1.82, 2.24) is 14.9 Å². The van der Waals surface area contributed by atoms with E-state index in [9.17, 15) is 4.79 Å². The number of amides is 1. The van der Waals surface area contributed by atoms with Gasteiger partial charge in [0.05, 0.1) is 31.3 Å². The molecule has 3 aromatic rings. The normalized spacial score (nSPS) is 16.8. The molecule has 0 bridgehead atoms. The second-order valence-corrected chi connectivity index (χ2v) is 8.29. The number of likely N-dealkylation sites (tertiary alicyclic amines) is 1. The van der Waals surface area contributed by atoms with Gasteiger partial charge in [0.25, 0.3) is 0 Å². The minimum Gasteiger partial charge on any atom is -0.493 e. The van der Waals surface area contributed by atoms with E-state index in [0.717, 1.165) is 40.8 Å². The number of benzene rings is 2. The third kappa shape index (κ3) is 4.99. The Balaban J connectivity index is 1.59. The molecule has 7 nitrogen and oxygen atoms in total. The molecule has 0 radical (unpaired) electrons. The van der Waals surface area contributed by atoms with E-state index in [1.54, 1.807) is 13.4 Å². The maximum absolute atomic E-state index is 11.2. The molecule has 1 saturated heterocycles. The number of aromatic nitrogens is 2. The molecule has 168 valence electrons. The second kappa shape index (κ2) is 9.96. The lowest BCUT2D eigenvalue weighted by Gasteiger charge is -2.31. The molecule has 1 unspecified atom stereocenters. The fraction of sp³-hybridized carbons (Fsp3) is 0.400. The van der Waals surface area contributed by atoms with Gasteiger partial charge in [-0.25, -0.2) is 9.97 Å². The summed E-state index contributed by atoms with van der Waals surface area (Å²) in [6.07, 6.45) is 4.18. The largest absolute Gasteiger partial charge is 0.493 e. The summed E-state index contributed by atoms with van der Waals surface area (Å²) < 4.78 is 11.9. The molecule has 1 aliphatic rings. The number of carbonyl (C=O) groups excluding carboxylic acids is 1. The minimum absolute atomic E-state index is 0.219. The fourth-order valence-corrected chi connectivity index (χ4v) is 4.33. The number of piperidine rings is 1. The maximum Gasteiger partial charge on any atom is 0.221 e. The number of nitrogens with two attached hydrogens (primary N) is 1. The Morgan fingerprint density at radius 1 is 1.19 bits per heavy atom. The van der Waals surface area contributed by atoms with Gasteiger partial charge >= 0.3 is 0 Å². The van der Waals surface area contributed by atoms with Crippen molar-refractivity contribution < 1.29 is 14.3 Å². The average molecular weight is 435 g/mol. The van der Waals surface area contributed by atoms with Gasteiger partial charge in [-0.2, -0.15) is 0 Å². The van der Waals surface area contributed by atoms with Crippen LogP contribution in [0.15, 0.2) is 42.7 Å². The molecule has 0 aliphatic carbocycles. The van der Waals surface area contributed by atoms with Gasteiger partial charge in [0.2, 0.25) is 5.91 Å². The summed E-state index contributed by atoms with van der Waals surface area (Å²) in [4.78, 5) is 22.6. The van der Waals surface area contributed by atoms with E-state index in [1.165, 1.54) is 19.4 Å². The SMILES string of the molecule is CCN1CCCC(COc2cc3ncnc(-c4ccc(CC(N)=O)cc4)c3cc2OC)C1. The zero-order chi connectivity index (χ0) is 22.5. The van der Waals surface area contributed by atoms with Crippen LogP contribution in [-0.2, 0) is 11.2 Å². The van der Waals surface area contributed by atoms with E-state index in [2.05, 4.69) is 21.8 Å². The molecule has 0 spiro atoms.